The number of carbonyl (C=O) groups excluding carboxylic acids is 3. The Bertz CT molecular complexity index is 904. The fourth-order valence-corrected chi connectivity index (χ4v) is 3.69. The molecule has 2 rings (SSSR count). The van der Waals surface area contributed by atoms with E-state index in [2.05, 4.69) is 31.9 Å². The van der Waals surface area contributed by atoms with E-state index in [1.165, 1.54) is 0 Å². The summed E-state index contributed by atoms with van der Waals surface area (Å²) in [6.07, 6.45) is 2.43. The topological polar surface area (TPSA) is 87.3 Å². The summed E-state index contributed by atoms with van der Waals surface area (Å²) in [5.74, 6) is -0.156. The fourth-order valence-electron chi connectivity index (χ4n) is 2.76. The molecular formula is C21H24BrN3O3S. The van der Waals surface area contributed by atoms with Gasteiger partial charge in [-0.15, -0.1) is 0 Å². The highest BCUT2D eigenvalue weighted by atomic mass is 79.9. The van der Waals surface area contributed by atoms with Crippen LogP contribution in [0.2, 0.25) is 0 Å². The molecule has 2 aromatic carbocycles. The van der Waals surface area contributed by atoms with Crippen LogP contribution >= 0.6 is 27.7 Å². The number of carbonyl (C=O) groups is 3. The number of halogens is 1. The summed E-state index contributed by atoms with van der Waals surface area (Å²) >= 11 is 4.96. The highest BCUT2D eigenvalue weighted by molar-refractivity contribution is 9.10. The fraction of sp³-hybridized carbons (Fsp3) is 0.286. The molecule has 0 aliphatic carbocycles. The van der Waals surface area contributed by atoms with Crippen LogP contribution in [0.15, 0.2) is 46.9 Å². The van der Waals surface area contributed by atoms with Crippen LogP contribution in [0.4, 0.5) is 5.69 Å². The molecule has 6 nitrogen and oxygen atoms in total. The smallest absolute Gasteiger partial charge is 0.253 e. The molecular weight excluding hydrogens is 454 g/mol. The Kier molecular flexibility index (Phi) is 8.72. The SMILES string of the molecule is CNC(=O)c1cccc(NC(=O)C(CCSC)NC(=O)c2ccccc2Br)c1C. The molecule has 0 aliphatic heterocycles. The molecule has 0 fully saturated rings. The monoisotopic (exact) mass is 477 g/mol. The molecule has 0 saturated carbocycles. The zero-order valence-corrected chi connectivity index (χ0v) is 18.9. The number of thioether (sulfide) groups is 1. The van der Waals surface area contributed by atoms with Crippen LogP contribution in [0.25, 0.3) is 0 Å². The molecule has 0 aromatic heterocycles. The van der Waals surface area contributed by atoms with E-state index in [1.807, 2.05) is 12.3 Å². The zero-order valence-electron chi connectivity index (χ0n) is 16.5. The van der Waals surface area contributed by atoms with Crippen molar-refractivity contribution in [2.24, 2.45) is 0 Å². The van der Waals surface area contributed by atoms with Crippen LogP contribution in [0.1, 0.15) is 32.7 Å². The van der Waals surface area contributed by atoms with Crippen LogP contribution < -0.4 is 16.0 Å². The summed E-state index contributed by atoms with van der Waals surface area (Å²) in [5, 5.41) is 8.27. The van der Waals surface area contributed by atoms with Crippen molar-refractivity contribution in [3.63, 3.8) is 0 Å². The predicted octanol–water partition coefficient (Wildman–Crippen LogP) is 3.61. The quantitative estimate of drug-likeness (QED) is 0.541. The number of hydrogen-bond donors (Lipinski definition) is 3. The number of anilines is 1. The van der Waals surface area contributed by atoms with Crippen LogP contribution in [0.3, 0.4) is 0 Å². The van der Waals surface area contributed by atoms with Gasteiger partial charge in [0.25, 0.3) is 11.8 Å². The van der Waals surface area contributed by atoms with Gasteiger partial charge < -0.3 is 16.0 Å². The van der Waals surface area contributed by atoms with E-state index >= 15 is 0 Å². The van der Waals surface area contributed by atoms with Crippen LogP contribution in [0.5, 0.6) is 0 Å². The summed E-state index contributed by atoms with van der Waals surface area (Å²) in [7, 11) is 1.56. The van der Waals surface area contributed by atoms with Gasteiger partial charge in [-0.05, 0) is 71.1 Å². The van der Waals surface area contributed by atoms with Gasteiger partial charge in [0.15, 0.2) is 0 Å². The largest absolute Gasteiger partial charge is 0.355 e. The van der Waals surface area contributed by atoms with E-state index in [-0.39, 0.29) is 17.7 Å². The van der Waals surface area contributed by atoms with Crippen molar-refractivity contribution in [2.45, 2.75) is 19.4 Å². The minimum Gasteiger partial charge on any atom is -0.355 e. The third kappa shape index (κ3) is 6.08. The van der Waals surface area contributed by atoms with Crippen molar-refractivity contribution in [1.29, 1.82) is 0 Å². The summed E-state index contributed by atoms with van der Waals surface area (Å²) in [4.78, 5) is 37.6. The second-order valence-corrected chi connectivity index (χ2v) is 8.17. The standard InChI is InChI=1S/C21H24BrN3O3S/c1-13-14(19(26)23-2)8-6-10-17(13)24-21(28)18(11-12-29-3)25-20(27)15-7-4-5-9-16(15)22/h4-10,18H,11-12H2,1-3H3,(H,23,26)(H,24,28)(H,25,27). The maximum absolute atomic E-state index is 12.9. The molecule has 3 N–H and O–H groups in total. The molecule has 0 aliphatic rings. The summed E-state index contributed by atoms with van der Waals surface area (Å²) in [5.41, 5.74) is 2.16. The molecule has 2 aromatic rings. The maximum atomic E-state index is 12.9. The third-order valence-electron chi connectivity index (χ3n) is 4.41. The molecule has 0 saturated heterocycles. The molecule has 0 spiro atoms. The Morgan fingerprint density at radius 2 is 1.72 bits per heavy atom. The summed E-state index contributed by atoms with van der Waals surface area (Å²) in [6.45, 7) is 1.77. The Balaban J connectivity index is 2.20. The van der Waals surface area contributed by atoms with Crippen molar-refractivity contribution in [3.05, 3.63) is 63.6 Å². The summed E-state index contributed by atoms with van der Waals surface area (Å²) in [6, 6.07) is 11.5. The van der Waals surface area contributed by atoms with Gasteiger partial charge in [-0.1, -0.05) is 18.2 Å². The Hall–Kier alpha value is -2.32. The van der Waals surface area contributed by atoms with E-state index in [9.17, 15) is 14.4 Å². The maximum Gasteiger partial charge on any atom is 0.253 e. The van der Waals surface area contributed by atoms with Crippen molar-refractivity contribution in [2.75, 3.05) is 24.4 Å². The van der Waals surface area contributed by atoms with E-state index in [4.69, 9.17) is 0 Å². The van der Waals surface area contributed by atoms with Gasteiger partial charge in [-0.2, -0.15) is 11.8 Å². The van der Waals surface area contributed by atoms with Gasteiger partial charge in [0.1, 0.15) is 6.04 Å². The van der Waals surface area contributed by atoms with Gasteiger partial charge in [-0.3, -0.25) is 14.4 Å². The molecule has 1 atom stereocenters. The number of nitrogens with one attached hydrogen (secondary N) is 3. The Morgan fingerprint density at radius 1 is 1.03 bits per heavy atom. The lowest BCUT2D eigenvalue weighted by Crippen LogP contribution is -2.44. The molecule has 29 heavy (non-hydrogen) atoms. The number of hydrogen-bond acceptors (Lipinski definition) is 4. The van der Waals surface area contributed by atoms with E-state index in [0.717, 1.165) is 0 Å². The number of amides is 3. The van der Waals surface area contributed by atoms with Crippen molar-refractivity contribution in [3.8, 4) is 0 Å². The average molecular weight is 478 g/mol. The van der Waals surface area contributed by atoms with E-state index < -0.39 is 6.04 Å². The summed E-state index contributed by atoms with van der Waals surface area (Å²) < 4.78 is 0.663. The lowest BCUT2D eigenvalue weighted by atomic mass is 10.1. The van der Waals surface area contributed by atoms with Crippen molar-refractivity contribution >= 4 is 51.1 Å². The first kappa shape index (κ1) is 23.0. The van der Waals surface area contributed by atoms with Crippen molar-refractivity contribution in [1.82, 2.24) is 10.6 Å². The van der Waals surface area contributed by atoms with Gasteiger partial charge in [0.2, 0.25) is 5.91 Å². The second kappa shape index (κ2) is 11.0. The minimum absolute atomic E-state index is 0.222. The molecule has 0 radical (unpaired) electrons. The first-order valence-corrected chi connectivity index (χ1v) is 11.2. The zero-order chi connectivity index (χ0) is 21.4. The molecule has 3 amide bonds. The third-order valence-corrected chi connectivity index (χ3v) is 5.75. The van der Waals surface area contributed by atoms with E-state index in [0.29, 0.717) is 39.0 Å². The molecule has 8 heteroatoms. The normalized spacial score (nSPS) is 11.4. The van der Waals surface area contributed by atoms with Crippen LogP contribution in [-0.2, 0) is 4.79 Å². The molecule has 0 heterocycles. The number of rotatable bonds is 8. The highest BCUT2D eigenvalue weighted by Crippen LogP contribution is 2.20. The second-order valence-electron chi connectivity index (χ2n) is 6.33. The van der Waals surface area contributed by atoms with E-state index in [1.54, 1.807) is 62.1 Å². The predicted molar refractivity (Wildman–Crippen MR) is 122 cm³/mol. The minimum atomic E-state index is -0.704. The van der Waals surface area contributed by atoms with Crippen molar-refractivity contribution < 1.29 is 14.4 Å². The van der Waals surface area contributed by atoms with Gasteiger partial charge in [-0.25, -0.2) is 0 Å². The van der Waals surface area contributed by atoms with Crippen LogP contribution in [0, 0.1) is 6.92 Å². The Labute approximate surface area is 183 Å². The van der Waals surface area contributed by atoms with Crippen LogP contribution in [-0.4, -0.2) is 42.8 Å². The molecule has 1 unspecified atom stereocenters. The van der Waals surface area contributed by atoms with Gasteiger partial charge in [0, 0.05) is 22.8 Å². The average Bonchev–Trinajstić information content (AvgIpc) is 2.72. The highest BCUT2D eigenvalue weighted by Gasteiger charge is 2.23. The first-order chi connectivity index (χ1) is 13.9. The molecule has 0 bridgehead atoms. The van der Waals surface area contributed by atoms with Gasteiger partial charge in [0.05, 0.1) is 5.56 Å². The Morgan fingerprint density at radius 3 is 2.38 bits per heavy atom. The lowest BCUT2D eigenvalue weighted by Gasteiger charge is -2.20. The number of benzene rings is 2. The first-order valence-electron chi connectivity index (χ1n) is 9.06. The van der Waals surface area contributed by atoms with Gasteiger partial charge >= 0.3 is 0 Å². The lowest BCUT2D eigenvalue weighted by molar-refractivity contribution is -0.118. The molecule has 154 valence electrons.